The zero-order valence-electron chi connectivity index (χ0n) is 6.16. The highest BCUT2D eigenvalue weighted by Gasteiger charge is 2.14. The van der Waals surface area contributed by atoms with Crippen LogP contribution in [0.2, 0.25) is 0 Å². The summed E-state index contributed by atoms with van der Waals surface area (Å²) in [6.45, 7) is 1.41. The van der Waals surface area contributed by atoms with Gasteiger partial charge in [-0.15, -0.1) is 0 Å². The lowest BCUT2D eigenvalue weighted by Crippen LogP contribution is -2.36. The Labute approximate surface area is 64.5 Å². The van der Waals surface area contributed by atoms with E-state index < -0.39 is 6.09 Å². The van der Waals surface area contributed by atoms with Crippen LogP contribution in [0.1, 0.15) is 6.42 Å². The molecule has 11 heavy (non-hydrogen) atoms. The second-order valence-electron chi connectivity index (χ2n) is 2.43. The first-order chi connectivity index (χ1) is 5.20. The average Bonchev–Trinajstić information content (AvgIpc) is 2.13. The second kappa shape index (κ2) is 3.23. The van der Waals surface area contributed by atoms with E-state index in [1.807, 2.05) is 0 Å². The molecule has 1 aliphatic rings. The molecule has 1 aliphatic heterocycles. The summed E-state index contributed by atoms with van der Waals surface area (Å²) in [6, 6.07) is 0. The van der Waals surface area contributed by atoms with Crippen LogP contribution >= 0.6 is 0 Å². The summed E-state index contributed by atoms with van der Waals surface area (Å²) < 4.78 is 0. The number of nitrogens with zero attached hydrogens (tertiary/aromatic N) is 2. The first-order valence-electron chi connectivity index (χ1n) is 3.47. The number of carbonyl (C=O) groups is 1. The van der Waals surface area contributed by atoms with Crippen LogP contribution < -0.4 is 5.73 Å². The molecule has 1 amide bonds. The second-order valence-corrected chi connectivity index (χ2v) is 2.43. The van der Waals surface area contributed by atoms with E-state index in [1.54, 1.807) is 0 Å². The maximum Gasteiger partial charge on any atom is 0.407 e. The zero-order valence-corrected chi connectivity index (χ0v) is 6.16. The molecule has 0 saturated heterocycles. The van der Waals surface area contributed by atoms with Gasteiger partial charge in [-0.2, -0.15) is 0 Å². The molecule has 0 fully saturated rings. The SMILES string of the molecule is NC1=NCCCN(C(=O)O)C1. The predicted octanol–water partition coefficient (Wildman–Crippen LogP) is -0.273. The van der Waals surface area contributed by atoms with E-state index in [9.17, 15) is 4.79 Å². The lowest BCUT2D eigenvalue weighted by Gasteiger charge is -2.14. The van der Waals surface area contributed by atoms with Crippen LogP contribution in [0.15, 0.2) is 4.99 Å². The van der Waals surface area contributed by atoms with Crippen LogP contribution in [-0.4, -0.2) is 41.6 Å². The molecule has 0 spiro atoms. The lowest BCUT2D eigenvalue weighted by molar-refractivity contribution is 0.152. The Morgan fingerprint density at radius 3 is 3.09 bits per heavy atom. The van der Waals surface area contributed by atoms with Crippen molar-refractivity contribution in [1.29, 1.82) is 0 Å². The molecule has 0 aromatic rings. The standard InChI is InChI=1S/C6H11N3O2/c7-5-4-9(6(10)11)3-1-2-8-5/h1-4H2,(H2,7,8)(H,10,11). The largest absolute Gasteiger partial charge is 0.465 e. The lowest BCUT2D eigenvalue weighted by atomic mass is 10.4. The van der Waals surface area contributed by atoms with Gasteiger partial charge in [0.25, 0.3) is 0 Å². The van der Waals surface area contributed by atoms with Gasteiger partial charge in [-0.25, -0.2) is 4.79 Å². The van der Waals surface area contributed by atoms with Gasteiger partial charge in [0.05, 0.1) is 6.54 Å². The van der Waals surface area contributed by atoms with E-state index in [0.29, 0.717) is 18.9 Å². The van der Waals surface area contributed by atoms with Crippen molar-refractivity contribution in [2.24, 2.45) is 10.7 Å². The van der Waals surface area contributed by atoms with Crippen LogP contribution in [0, 0.1) is 0 Å². The minimum atomic E-state index is -0.926. The minimum Gasteiger partial charge on any atom is -0.465 e. The number of aliphatic imine (C=N–C) groups is 1. The molecule has 0 atom stereocenters. The summed E-state index contributed by atoms with van der Waals surface area (Å²) in [6.07, 6.45) is -0.169. The molecule has 0 saturated carbocycles. The zero-order chi connectivity index (χ0) is 8.27. The first-order valence-corrected chi connectivity index (χ1v) is 3.47. The van der Waals surface area contributed by atoms with Crippen molar-refractivity contribution in [3.05, 3.63) is 0 Å². The van der Waals surface area contributed by atoms with Crippen molar-refractivity contribution in [3.8, 4) is 0 Å². The molecule has 0 radical (unpaired) electrons. The van der Waals surface area contributed by atoms with Gasteiger partial charge < -0.3 is 15.7 Å². The Kier molecular flexibility index (Phi) is 2.30. The highest BCUT2D eigenvalue weighted by Crippen LogP contribution is 1.97. The van der Waals surface area contributed by atoms with E-state index in [4.69, 9.17) is 10.8 Å². The first kappa shape index (κ1) is 7.84. The Hall–Kier alpha value is -1.26. The fourth-order valence-corrected chi connectivity index (χ4v) is 0.972. The van der Waals surface area contributed by atoms with E-state index >= 15 is 0 Å². The van der Waals surface area contributed by atoms with E-state index in [-0.39, 0.29) is 6.54 Å². The van der Waals surface area contributed by atoms with Gasteiger partial charge in [0.2, 0.25) is 0 Å². The van der Waals surface area contributed by atoms with Crippen molar-refractivity contribution in [1.82, 2.24) is 4.90 Å². The third-order valence-electron chi connectivity index (χ3n) is 1.52. The van der Waals surface area contributed by atoms with E-state index in [0.717, 1.165) is 6.42 Å². The van der Waals surface area contributed by atoms with Gasteiger partial charge in [-0.05, 0) is 6.42 Å². The molecule has 3 N–H and O–H groups in total. The molecule has 5 heteroatoms. The number of hydrogen-bond acceptors (Lipinski definition) is 3. The quantitative estimate of drug-likeness (QED) is 0.508. The van der Waals surface area contributed by atoms with Crippen molar-refractivity contribution in [2.75, 3.05) is 19.6 Å². The summed E-state index contributed by atoms with van der Waals surface area (Å²) >= 11 is 0. The fourth-order valence-electron chi connectivity index (χ4n) is 0.972. The number of rotatable bonds is 0. The highest BCUT2D eigenvalue weighted by molar-refractivity contribution is 5.85. The van der Waals surface area contributed by atoms with Crippen LogP contribution in [-0.2, 0) is 0 Å². The number of amides is 1. The summed E-state index contributed by atoms with van der Waals surface area (Å²) in [5.41, 5.74) is 5.41. The number of hydrogen-bond donors (Lipinski definition) is 2. The summed E-state index contributed by atoms with van der Waals surface area (Å²) in [4.78, 5) is 15.7. The van der Waals surface area contributed by atoms with Gasteiger partial charge in [-0.1, -0.05) is 0 Å². The maximum atomic E-state index is 10.5. The Morgan fingerprint density at radius 1 is 1.73 bits per heavy atom. The van der Waals surface area contributed by atoms with Crippen molar-refractivity contribution < 1.29 is 9.90 Å². The summed E-state index contributed by atoms with van der Waals surface area (Å²) in [5.74, 6) is 0.407. The molecular formula is C6H11N3O2. The molecule has 0 unspecified atom stereocenters. The molecule has 5 nitrogen and oxygen atoms in total. The predicted molar refractivity (Wildman–Crippen MR) is 40.7 cm³/mol. The van der Waals surface area contributed by atoms with Gasteiger partial charge in [0, 0.05) is 13.1 Å². The van der Waals surface area contributed by atoms with Crippen LogP contribution in [0.25, 0.3) is 0 Å². The minimum absolute atomic E-state index is 0.245. The van der Waals surface area contributed by atoms with Gasteiger partial charge in [-0.3, -0.25) is 4.99 Å². The van der Waals surface area contributed by atoms with Crippen molar-refractivity contribution in [3.63, 3.8) is 0 Å². The molecule has 62 valence electrons. The van der Waals surface area contributed by atoms with Crippen molar-refractivity contribution >= 4 is 11.9 Å². The van der Waals surface area contributed by atoms with E-state index in [1.165, 1.54) is 4.90 Å². The van der Waals surface area contributed by atoms with Gasteiger partial charge in [0.1, 0.15) is 5.84 Å². The van der Waals surface area contributed by atoms with Crippen molar-refractivity contribution in [2.45, 2.75) is 6.42 Å². The van der Waals surface area contributed by atoms with Crippen LogP contribution in [0.3, 0.4) is 0 Å². The molecule has 0 aliphatic carbocycles. The molecule has 1 rings (SSSR count). The Morgan fingerprint density at radius 2 is 2.45 bits per heavy atom. The number of carboxylic acid groups (broad SMARTS) is 1. The molecule has 0 aromatic heterocycles. The monoisotopic (exact) mass is 157 g/mol. The average molecular weight is 157 g/mol. The third kappa shape index (κ3) is 2.10. The van der Waals surface area contributed by atoms with Gasteiger partial charge in [0.15, 0.2) is 0 Å². The fraction of sp³-hybridized carbons (Fsp3) is 0.667. The number of amidine groups is 1. The normalized spacial score (nSPS) is 18.9. The van der Waals surface area contributed by atoms with Gasteiger partial charge >= 0.3 is 6.09 Å². The Bertz CT molecular complexity index is 190. The maximum absolute atomic E-state index is 10.5. The molecule has 0 aromatic carbocycles. The molecule has 0 bridgehead atoms. The summed E-state index contributed by atoms with van der Waals surface area (Å²) in [7, 11) is 0. The topological polar surface area (TPSA) is 78.9 Å². The Balaban J connectivity index is 2.56. The smallest absolute Gasteiger partial charge is 0.407 e. The van der Waals surface area contributed by atoms with Crippen LogP contribution in [0.5, 0.6) is 0 Å². The summed E-state index contributed by atoms with van der Waals surface area (Å²) in [5, 5.41) is 8.60. The van der Waals surface area contributed by atoms with E-state index in [2.05, 4.69) is 4.99 Å². The number of nitrogens with two attached hydrogens (primary N) is 1. The third-order valence-corrected chi connectivity index (χ3v) is 1.52. The van der Waals surface area contributed by atoms with Crippen LogP contribution in [0.4, 0.5) is 4.79 Å². The molecule has 1 heterocycles. The highest BCUT2D eigenvalue weighted by atomic mass is 16.4. The molecular weight excluding hydrogens is 146 g/mol.